The fourth-order valence-electron chi connectivity index (χ4n) is 6.74. The summed E-state index contributed by atoms with van der Waals surface area (Å²) in [4.78, 5) is 38.7. The number of nitro benzene ring substituents is 1. The highest BCUT2D eigenvalue weighted by Gasteiger charge is 2.34. The third-order valence-electron chi connectivity index (χ3n) is 9.74. The first-order valence-electron chi connectivity index (χ1n) is 17.9. The van der Waals surface area contributed by atoms with Crippen LogP contribution < -0.4 is 15.7 Å². The fraction of sp³-hybridized carbons (Fsp3) is 0.350. The van der Waals surface area contributed by atoms with E-state index in [1.165, 1.54) is 0 Å². The van der Waals surface area contributed by atoms with Gasteiger partial charge in [0.2, 0.25) is 11.8 Å². The van der Waals surface area contributed by atoms with Crippen LogP contribution in [0.25, 0.3) is 11.1 Å². The van der Waals surface area contributed by atoms with E-state index in [1.807, 2.05) is 84.9 Å². The summed E-state index contributed by atoms with van der Waals surface area (Å²) in [5.41, 5.74) is 8.35. The number of aliphatic hydroxyl groups is 1. The number of hydrogen-bond donors (Lipinski definition) is 4. The summed E-state index contributed by atoms with van der Waals surface area (Å²) in [6, 6.07) is 30.6. The summed E-state index contributed by atoms with van der Waals surface area (Å²) >= 11 is 0. The number of piperazine rings is 1. The topological polar surface area (TPSA) is 167 Å². The first-order valence-corrected chi connectivity index (χ1v) is 17.9. The third-order valence-corrected chi connectivity index (χ3v) is 9.74. The van der Waals surface area contributed by atoms with Crippen molar-refractivity contribution in [3.05, 3.63) is 129 Å². The second kappa shape index (κ2) is 18.0. The van der Waals surface area contributed by atoms with Gasteiger partial charge in [0.1, 0.15) is 0 Å². The van der Waals surface area contributed by atoms with Gasteiger partial charge in [-0.05, 0) is 52.4 Å². The molecule has 53 heavy (non-hydrogen) atoms. The van der Waals surface area contributed by atoms with Crippen LogP contribution in [0.5, 0.6) is 0 Å². The van der Waals surface area contributed by atoms with E-state index in [-0.39, 0.29) is 48.2 Å². The summed E-state index contributed by atoms with van der Waals surface area (Å²) in [6.45, 7) is 4.34. The number of carbonyl (C=O) groups is 2. The number of hydroxylamine groups is 1. The molecule has 2 fully saturated rings. The molecule has 0 unspecified atom stereocenters. The van der Waals surface area contributed by atoms with Crippen molar-refractivity contribution in [3.63, 3.8) is 0 Å². The summed E-state index contributed by atoms with van der Waals surface area (Å²) in [7, 11) is 0. The molecule has 2 aliphatic rings. The number of anilines is 1. The lowest BCUT2D eigenvalue weighted by Gasteiger charge is -2.41. The minimum atomic E-state index is -0.586. The number of non-ortho nitro benzene ring substituents is 1. The van der Waals surface area contributed by atoms with Crippen molar-refractivity contribution >= 4 is 23.2 Å². The molecule has 0 radical (unpaired) electrons. The van der Waals surface area contributed by atoms with E-state index in [2.05, 4.69) is 15.1 Å². The van der Waals surface area contributed by atoms with E-state index in [9.17, 15) is 24.8 Å². The van der Waals surface area contributed by atoms with E-state index in [1.54, 1.807) is 17.6 Å². The van der Waals surface area contributed by atoms with Gasteiger partial charge < -0.3 is 24.8 Å². The first-order chi connectivity index (χ1) is 25.8. The van der Waals surface area contributed by atoms with Crippen LogP contribution in [0.4, 0.5) is 11.4 Å². The zero-order valence-electron chi connectivity index (χ0n) is 29.4. The lowest BCUT2D eigenvalue weighted by molar-refractivity contribution is -0.384. The number of nitrogens with one attached hydrogen (secondary N) is 2. The van der Waals surface area contributed by atoms with Gasteiger partial charge in [0.15, 0.2) is 6.29 Å². The maximum atomic E-state index is 12.2. The maximum absolute atomic E-state index is 12.2. The summed E-state index contributed by atoms with van der Waals surface area (Å²) in [5, 5.41) is 32.1. The monoisotopic (exact) mass is 723 g/mol. The van der Waals surface area contributed by atoms with Crippen LogP contribution in [0.2, 0.25) is 0 Å². The number of hydrogen-bond acceptors (Lipinski definition) is 10. The number of benzene rings is 4. The van der Waals surface area contributed by atoms with E-state index in [0.29, 0.717) is 19.4 Å². The van der Waals surface area contributed by atoms with Crippen LogP contribution in [-0.4, -0.2) is 70.8 Å². The molecule has 2 amide bonds. The molecule has 6 rings (SSSR count). The summed E-state index contributed by atoms with van der Waals surface area (Å²) in [5.74, 6) is -0.677. The van der Waals surface area contributed by atoms with Gasteiger partial charge in [-0.25, -0.2) is 5.48 Å². The van der Waals surface area contributed by atoms with Gasteiger partial charge in [0.05, 0.1) is 23.7 Å². The molecule has 0 aromatic heterocycles. The molecule has 0 aliphatic carbocycles. The normalized spacial score (nSPS) is 19.1. The number of rotatable bonds is 14. The van der Waals surface area contributed by atoms with Crippen molar-refractivity contribution in [3.8, 4) is 11.1 Å². The molecule has 4 aromatic carbocycles. The molecule has 0 spiro atoms. The fourth-order valence-corrected chi connectivity index (χ4v) is 6.74. The van der Waals surface area contributed by atoms with Crippen LogP contribution >= 0.6 is 0 Å². The molecule has 2 saturated heterocycles. The molecule has 4 aromatic rings. The quantitative estimate of drug-likeness (QED) is 0.0751. The van der Waals surface area contributed by atoms with E-state index < -0.39 is 12.2 Å². The molecular weight excluding hydrogens is 678 g/mol. The van der Waals surface area contributed by atoms with Crippen molar-refractivity contribution in [2.24, 2.45) is 0 Å². The molecule has 13 heteroatoms. The molecule has 0 saturated carbocycles. The average molecular weight is 724 g/mol. The largest absolute Gasteiger partial charge is 0.392 e. The van der Waals surface area contributed by atoms with Gasteiger partial charge >= 0.3 is 0 Å². The minimum Gasteiger partial charge on any atom is -0.392 e. The second-order valence-electron chi connectivity index (χ2n) is 13.4. The van der Waals surface area contributed by atoms with Crippen LogP contribution in [-0.2, 0) is 32.2 Å². The summed E-state index contributed by atoms with van der Waals surface area (Å²) in [6.07, 6.45) is 0.410. The van der Waals surface area contributed by atoms with E-state index in [4.69, 9.17) is 14.7 Å². The van der Waals surface area contributed by atoms with Gasteiger partial charge in [-0.1, -0.05) is 66.7 Å². The Kier molecular flexibility index (Phi) is 12.8. The van der Waals surface area contributed by atoms with E-state index >= 15 is 0 Å². The molecule has 0 bridgehead atoms. The second-order valence-corrected chi connectivity index (χ2v) is 13.4. The first kappa shape index (κ1) is 37.6. The van der Waals surface area contributed by atoms with Gasteiger partial charge in [-0.3, -0.25) is 29.8 Å². The Morgan fingerprint density at radius 1 is 0.811 bits per heavy atom. The predicted octanol–water partition coefficient (Wildman–Crippen LogP) is 5.41. The van der Waals surface area contributed by atoms with Crippen molar-refractivity contribution < 1.29 is 34.3 Å². The predicted molar refractivity (Wildman–Crippen MR) is 198 cm³/mol. The number of aliphatic hydroxyl groups excluding tert-OH is 1. The van der Waals surface area contributed by atoms with Crippen LogP contribution in [0.1, 0.15) is 60.3 Å². The highest BCUT2D eigenvalue weighted by atomic mass is 16.7. The number of ether oxygens (including phenoxy) is 2. The molecule has 2 aliphatic heterocycles. The Hall–Kier alpha value is -5.18. The Morgan fingerprint density at radius 2 is 1.51 bits per heavy atom. The Balaban J connectivity index is 1.09. The smallest absolute Gasteiger partial charge is 0.269 e. The Morgan fingerprint density at radius 3 is 2.19 bits per heavy atom. The SMILES string of the molecule is O=C(CCCC(=O)NCc1cccc(-c2ccc([C@H]3O[C@@H](CN4CCN(c5ccc([N+](=O)[O-])cc5)CC4)C[C@@H](c4ccc(CO)cc4)O3)cc2)c1)NO. The summed E-state index contributed by atoms with van der Waals surface area (Å²) < 4.78 is 13.2. The number of carbonyl (C=O) groups excluding carboxylic acids is 2. The molecule has 278 valence electrons. The highest BCUT2D eigenvalue weighted by Crippen LogP contribution is 2.39. The van der Waals surface area contributed by atoms with Crippen LogP contribution in [0.3, 0.4) is 0 Å². The highest BCUT2D eigenvalue weighted by molar-refractivity contribution is 5.78. The molecular formula is C40H45N5O8. The number of amides is 2. The maximum Gasteiger partial charge on any atom is 0.269 e. The van der Waals surface area contributed by atoms with Gasteiger partial charge in [0.25, 0.3) is 5.69 Å². The van der Waals surface area contributed by atoms with Crippen LogP contribution in [0.15, 0.2) is 97.1 Å². The zero-order chi connectivity index (χ0) is 37.2. The van der Waals surface area contributed by atoms with Crippen LogP contribution in [0, 0.1) is 10.1 Å². The number of nitrogens with zero attached hydrogens (tertiary/aromatic N) is 3. The Labute approximate surface area is 308 Å². The minimum absolute atomic E-state index is 0.0245. The van der Waals surface area contributed by atoms with Crippen molar-refractivity contribution in [1.29, 1.82) is 0 Å². The van der Waals surface area contributed by atoms with Crippen molar-refractivity contribution in [1.82, 2.24) is 15.7 Å². The third kappa shape index (κ3) is 10.2. The van der Waals surface area contributed by atoms with Crippen molar-refractivity contribution in [2.75, 3.05) is 37.6 Å². The number of nitro groups is 1. The zero-order valence-corrected chi connectivity index (χ0v) is 29.4. The standard InChI is InChI=1S/C40H45N5O8/c46-27-28-7-9-31(10-8-28)37-24-36(26-43-19-21-44(22-20-43)34-15-17-35(18-16-34)45(50)51)52-40(53-37)32-13-11-30(12-14-32)33-4-1-3-29(23-33)25-41-38(47)5-2-6-39(48)42-49/h1,3-4,7-18,23,36-37,40,46,49H,2,5-6,19-22,24-27H2,(H,41,47)(H,42,48)/t36-,37+,40+/m1/s1. The molecule has 3 atom stereocenters. The molecule has 13 nitrogen and oxygen atoms in total. The van der Waals surface area contributed by atoms with E-state index in [0.717, 1.165) is 71.8 Å². The van der Waals surface area contributed by atoms with Gasteiger partial charge in [-0.15, -0.1) is 0 Å². The van der Waals surface area contributed by atoms with Gasteiger partial charge in [-0.2, -0.15) is 0 Å². The molecule has 4 N–H and O–H groups in total. The Bertz CT molecular complexity index is 1830. The van der Waals surface area contributed by atoms with Crippen molar-refractivity contribution in [2.45, 2.75) is 57.3 Å². The lowest BCUT2D eigenvalue weighted by atomic mass is 9.98. The average Bonchev–Trinajstić information content (AvgIpc) is 3.20. The lowest BCUT2D eigenvalue weighted by Crippen LogP contribution is -2.49. The molecule has 2 heterocycles. The van der Waals surface area contributed by atoms with Gasteiger partial charge in [0, 0.05) is 81.9 Å².